The number of halogens is 6. The first kappa shape index (κ1) is 20.8. The number of rotatable bonds is 3. The van der Waals surface area contributed by atoms with Crippen molar-refractivity contribution in [3.05, 3.63) is 23.8 Å². The molecule has 1 aliphatic rings. The maximum atomic E-state index is 13.0. The molecule has 0 aliphatic carbocycles. The zero-order chi connectivity index (χ0) is 19.9. The predicted octanol–water partition coefficient (Wildman–Crippen LogP) is 3.00. The summed E-state index contributed by atoms with van der Waals surface area (Å²) in [6, 6.07) is 2.21. The summed E-state index contributed by atoms with van der Waals surface area (Å²) in [7, 11) is 3.32. The highest BCUT2D eigenvalue weighted by atomic mass is 32.2. The molecule has 1 amide bonds. The number of likely N-dealkylation sites (N-methyl/N-ethyl adjacent to an activating group) is 1. The van der Waals surface area contributed by atoms with Gasteiger partial charge in [0, 0.05) is 22.8 Å². The van der Waals surface area contributed by atoms with Crippen molar-refractivity contribution in [2.45, 2.75) is 22.8 Å². The summed E-state index contributed by atoms with van der Waals surface area (Å²) in [4.78, 5) is 15.2. The molecule has 0 radical (unpaired) electrons. The first-order valence-electron chi connectivity index (χ1n) is 7.37. The van der Waals surface area contributed by atoms with Gasteiger partial charge in [-0.25, -0.2) is 0 Å². The minimum atomic E-state index is -5.95. The number of anilines is 1. The third-order valence-corrected chi connectivity index (χ3v) is 4.84. The van der Waals surface area contributed by atoms with Crippen molar-refractivity contribution in [2.24, 2.45) is 0 Å². The molecule has 0 unspecified atom stereocenters. The highest BCUT2D eigenvalue weighted by Gasteiger charge is 2.71. The Morgan fingerprint density at radius 2 is 1.77 bits per heavy atom. The van der Waals surface area contributed by atoms with Crippen LogP contribution in [0.2, 0.25) is 0 Å². The largest absolute Gasteiger partial charge is 0.430 e. The van der Waals surface area contributed by atoms with Crippen molar-refractivity contribution in [1.82, 2.24) is 4.90 Å². The number of aliphatic hydroxyl groups is 1. The normalized spacial score (nSPS) is 16.0. The monoisotopic (exact) mass is 402 g/mol. The standard InChI is InChI=1S/C15H16F6N2O2S/c1-22(2)8-12(24)23-5-6-26-11-7-9(3-4-10(11)23)13(25,14(16,17)18)15(19,20)21/h3-4,7,25H,5-6,8H2,1-2H3. The summed E-state index contributed by atoms with van der Waals surface area (Å²) in [6.07, 6.45) is -11.9. The van der Waals surface area contributed by atoms with E-state index in [4.69, 9.17) is 0 Å². The Bertz CT molecular complexity index is 676. The Kier molecular flexibility index (Phi) is 5.56. The first-order chi connectivity index (χ1) is 11.8. The lowest BCUT2D eigenvalue weighted by molar-refractivity contribution is -0.376. The van der Waals surface area contributed by atoms with E-state index in [2.05, 4.69) is 0 Å². The highest BCUT2D eigenvalue weighted by molar-refractivity contribution is 7.99. The number of carbonyl (C=O) groups excluding carboxylic acids is 1. The van der Waals surface area contributed by atoms with Crippen LogP contribution < -0.4 is 4.90 Å². The van der Waals surface area contributed by atoms with Gasteiger partial charge in [0.1, 0.15) is 0 Å². The Hall–Kier alpha value is -1.46. The maximum absolute atomic E-state index is 13.0. The van der Waals surface area contributed by atoms with Crippen LogP contribution in [0.4, 0.5) is 32.0 Å². The van der Waals surface area contributed by atoms with Gasteiger partial charge in [0.15, 0.2) is 0 Å². The van der Waals surface area contributed by atoms with Crippen LogP contribution in [0, 0.1) is 0 Å². The quantitative estimate of drug-likeness (QED) is 0.790. The molecule has 4 nitrogen and oxygen atoms in total. The van der Waals surface area contributed by atoms with Crippen LogP contribution in [0.5, 0.6) is 0 Å². The van der Waals surface area contributed by atoms with E-state index in [-0.39, 0.29) is 29.6 Å². The number of hydrogen-bond acceptors (Lipinski definition) is 4. The van der Waals surface area contributed by atoms with E-state index in [1.54, 1.807) is 19.0 Å². The summed E-state index contributed by atoms with van der Waals surface area (Å²) < 4.78 is 78.1. The highest BCUT2D eigenvalue weighted by Crippen LogP contribution is 2.51. The average molecular weight is 402 g/mol. The molecule has 1 aromatic carbocycles. The number of carbonyl (C=O) groups is 1. The fourth-order valence-electron chi connectivity index (χ4n) is 2.55. The van der Waals surface area contributed by atoms with Gasteiger partial charge < -0.3 is 14.9 Å². The van der Waals surface area contributed by atoms with Crippen LogP contribution in [-0.2, 0) is 10.4 Å². The Morgan fingerprint density at radius 1 is 1.19 bits per heavy atom. The van der Waals surface area contributed by atoms with E-state index in [1.807, 2.05) is 0 Å². The van der Waals surface area contributed by atoms with Gasteiger partial charge >= 0.3 is 12.4 Å². The van der Waals surface area contributed by atoms with Crippen LogP contribution in [-0.4, -0.2) is 61.2 Å². The molecule has 0 spiro atoms. The summed E-state index contributed by atoms with van der Waals surface area (Å²) in [5.41, 5.74) is -6.08. The molecule has 1 heterocycles. The number of fused-ring (bicyclic) bond motifs is 1. The lowest BCUT2D eigenvalue weighted by Crippen LogP contribution is -2.54. The predicted molar refractivity (Wildman–Crippen MR) is 84.1 cm³/mol. The Balaban J connectivity index is 2.49. The second-order valence-corrected chi connectivity index (χ2v) is 7.16. The molecule has 0 bridgehead atoms. The minimum absolute atomic E-state index is 0.0426. The van der Waals surface area contributed by atoms with E-state index >= 15 is 0 Å². The van der Waals surface area contributed by atoms with Gasteiger partial charge in [0.25, 0.3) is 5.60 Å². The lowest BCUT2D eigenvalue weighted by atomic mass is 9.92. The first-order valence-corrected chi connectivity index (χ1v) is 8.36. The van der Waals surface area contributed by atoms with Crippen molar-refractivity contribution >= 4 is 23.4 Å². The number of nitrogens with zero attached hydrogens (tertiary/aromatic N) is 2. The van der Waals surface area contributed by atoms with Gasteiger partial charge in [-0.3, -0.25) is 4.79 Å². The second kappa shape index (κ2) is 6.93. The summed E-state index contributed by atoms with van der Waals surface area (Å²) >= 11 is 1.03. The molecular weight excluding hydrogens is 386 g/mol. The Morgan fingerprint density at radius 3 is 2.27 bits per heavy atom. The fraction of sp³-hybridized carbons (Fsp3) is 0.533. The van der Waals surface area contributed by atoms with Gasteiger partial charge in [-0.1, -0.05) is 6.07 Å². The molecule has 146 valence electrons. The summed E-state index contributed by atoms with van der Waals surface area (Å²) in [5, 5.41) is 9.50. The number of benzene rings is 1. The van der Waals surface area contributed by atoms with Gasteiger partial charge in [0.2, 0.25) is 5.91 Å². The van der Waals surface area contributed by atoms with Gasteiger partial charge in [0.05, 0.1) is 12.2 Å². The molecule has 1 aliphatic heterocycles. The van der Waals surface area contributed by atoms with Crippen molar-refractivity contribution in [3.8, 4) is 0 Å². The number of amides is 1. The number of alkyl halides is 6. The number of hydrogen-bond donors (Lipinski definition) is 1. The van der Waals surface area contributed by atoms with Gasteiger partial charge in [-0.2, -0.15) is 26.3 Å². The van der Waals surface area contributed by atoms with Crippen LogP contribution in [0.3, 0.4) is 0 Å². The smallest absolute Gasteiger partial charge is 0.369 e. The second-order valence-electron chi connectivity index (χ2n) is 6.02. The molecule has 1 aromatic rings. The fourth-order valence-corrected chi connectivity index (χ4v) is 3.58. The maximum Gasteiger partial charge on any atom is 0.430 e. The van der Waals surface area contributed by atoms with Crippen LogP contribution >= 0.6 is 11.8 Å². The van der Waals surface area contributed by atoms with E-state index in [0.717, 1.165) is 17.8 Å². The lowest BCUT2D eigenvalue weighted by Gasteiger charge is -2.35. The zero-order valence-electron chi connectivity index (χ0n) is 13.8. The molecule has 0 fully saturated rings. The van der Waals surface area contributed by atoms with Gasteiger partial charge in [-0.15, -0.1) is 11.8 Å². The van der Waals surface area contributed by atoms with Crippen molar-refractivity contribution in [2.75, 3.05) is 37.8 Å². The van der Waals surface area contributed by atoms with Gasteiger partial charge in [-0.05, 0) is 26.2 Å². The summed E-state index contributed by atoms with van der Waals surface area (Å²) in [5.74, 6) is -0.0160. The molecule has 1 N–H and O–H groups in total. The molecule has 11 heteroatoms. The molecular formula is C15H16F6N2O2S. The molecule has 26 heavy (non-hydrogen) atoms. The van der Waals surface area contributed by atoms with E-state index in [1.165, 1.54) is 4.90 Å². The SMILES string of the molecule is CN(C)CC(=O)N1CCSc2cc(C(O)(C(F)(F)F)C(F)(F)F)ccc21. The van der Waals surface area contributed by atoms with E-state index < -0.39 is 23.5 Å². The van der Waals surface area contributed by atoms with Crippen molar-refractivity contribution in [1.29, 1.82) is 0 Å². The Labute approximate surface area is 149 Å². The topological polar surface area (TPSA) is 43.8 Å². The molecule has 0 aromatic heterocycles. The van der Waals surface area contributed by atoms with Crippen molar-refractivity contribution < 1.29 is 36.2 Å². The van der Waals surface area contributed by atoms with Crippen LogP contribution in [0.15, 0.2) is 23.1 Å². The average Bonchev–Trinajstić information content (AvgIpc) is 2.50. The van der Waals surface area contributed by atoms with Crippen molar-refractivity contribution in [3.63, 3.8) is 0 Å². The number of thioether (sulfide) groups is 1. The van der Waals surface area contributed by atoms with E-state index in [0.29, 0.717) is 17.9 Å². The van der Waals surface area contributed by atoms with E-state index in [9.17, 15) is 36.2 Å². The zero-order valence-corrected chi connectivity index (χ0v) is 14.6. The molecule has 0 saturated carbocycles. The third kappa shape index (κ3) is 3.65. The molecule has 2 rings (SSSR count). The summed E-state index contributed by atoms with van der Waals surface area (Å²) in [6.45, 7) is 0.327. The van der Waals surface area contributed by atoms with Crippen LogP contribution in [0.25, 0.3) is 0 Å². The minimum Gasteiger partial charge on any atom is -0.369 e. The molecule has 0 atom stereocenters. The third-order valence-electron chi connectivity index (χ3n) is 3.81. The molecule has 0 saturated heterocycles. The van der Waals surface area contributed by atoms with Crippen LogP contribution in [0.1, 0.15) is 5.56 Å².